The molecule has 1 saturated heterocycles. The predicted molar refractivity (Wildman–Crippen MR) is 169 cm³/mol. The third-order valence-electron chi connectivity index (χ3n) is 7.94. The quantitative estimate of drug-likeness (QED) is 0.158. The molecule has 7 nitrogen and oxygen atoms in total. The van der Waals surface area contributed by atoms with E-state index in [0.29, 0.717) is 32.0 Å². The summed E-state index contributed by atoms with van der Waals surface area (Å²) in [5.41, 5.74) is 4.51. The van der Waals surface area contributed by atoms with Crippen LogP contribution in [0.15, 0.2) is 133 Å². The van der Waals surface area contributed by atoms with Crippen LogP contribution in [0.2, 0.25) is 0 Å². The summed E-state index contributed by atoms with van der Waals surface area (Å²) in [5, 5.41) is 0. The fraction of sp³-hybridized carbons (Fsp3) is 0.289. The molecular formula is C38H38O7. The lowest BCUT2D eigenvalue weighted by atomic mass is 9.90. The second kappa shape index (κ2) is 15.8. The van der Waals surface area contributed by atoms with Crippen LogP contribution >= 0.6 is 0 Å². The number of carbonyl (C=O) groups is 1. The van der Waals surface area contributed by atoms with Gasteiger partial charge in [-0.05, 0) is 28.3 Å². The Kier molecular flexibility index (Phi) is 10.8. The second-order valence-electron chi connectivity index (χ2n) is 11.1. The van der Waals surface area contributed by atoms with Crippen molar-refractivity contribution in [2.45, 2.75) is 56.9 Å². The van der Waals surface area contributed by atoms with Gasteiger partial charge in [-0.2, -0.15) is 0 Å². The van der Waals surface area contributed by atoms with E-state index in [1.165, 1.54) is 0 Å². The maximum absolute atomic E-state index is 12.9. The molecule has 7 heteroatoms. The lowest BCUT2D eigenvalue weighted by Crippen LogP contribution is -2.62. The Morgan fingerprint density at radius 1 is 0.556 bits per heavy atom. The monoisotopic (exact) mass is 606 g/mol. The lowest BCUT2D eigenvalue weighted by Gasteiger charge is -2.46. The van der Waals surface area contributed by atoms with Crippen molar-refractivity contribution in [3.8, 4) is 0 Å². The largest absolute Gasteiger partial charge is 0.458 e. The van der Waals surface area contributed by atoms with Gasteiger partial charge in [-0.15, -0.1) is 0 Å². The molecule has 2 heterocycles. The van der Waals surface area contributed by atoms with E-state index in [9.17, 15) is 4.79 Å². The molecule has 0 aliphatic carbocycles. The van der Waals surface area contributed by atoms with Crippen molar-refractivity contribution in [1.82, 2.24) is 0 Å². The number of esters is 1. The SMILES string of the molecule is O=C1OCC=C1C1O[C@H](COCc2ccccc2)[C@@H](OCc2ccccc2)[C@H](OCc2ccccc2)[C@H]1OCc1ccccc1. The molecule has 4 aromatic carbocycles. The Bertz CT molecular complexity index is 1490. The van der Waals surface area contributed by atoms with Crippen LogP contribution < -0.4 is 0 Å². The van der Waals surface area contributed by atoms with Crippen molar-refractivity contribution in [2.75, 3.05) is 13.2 Å². The van der Waals surface area contributed by atoms with Gasteiger partial charge in [0.1, 0.15) is 37.1 Å². The summed E-state index contributed by atoms with van der Waals surface area (Å²) < 4.78 is 38.3. The van der Waals surface area contributed by atoms with E-state index in [1.807, 2.05) is 121 Å². The van der Waals surface area contributed by atoms with Gasteiger partial charge in [0.2, 0.25) is 0 Å². The number of benzene rings is 4. The van der Waals surface area contributed by atoms with Gasteiger partial charge in [-0.25, -0.2) is 4.79 Å². The fourth-order valence-corrected chi connectivity index (χ4v) is 5.65. The molecule has 0 saturated carbocycles. The Morgan fingerprint density at radius 3 is 1.47 bits per heavy atom. The normalized spacial score (nSPS) is 23.0. The van der Waals surface area contributed by atoms with Crippen LogP contribution in [0, 0.1) is 0 Å². The van der Waals surface area contributed by atoms with E-state index in [2.05, 4.69) is 0 Å². The van der Waals surface area contributed by atoms with Gasteiger partial charge in [-0.3, -0.25) is 0 Å². The van der Waals surface area contributed by atoms with Crippen molar-refractivity contribution >= 4 is 5.97 Å². The first-order valence-electron chi connectivity index (χ1n) is 15.4. The molecule has 0 amide bonds. The second-order valence-corrected chi connectivity index (χ2v) is 11.1. The van der Waals surface area contributed by atoms with Gasteiger partial charge in [0.05, 0.1) is 38.6 Å². The lowest BCUT2D eigenvalue weighted by molar-refractivity contribution is -0.265. The smallest absolute Gasteiger partial charge is 0.336 e. The van der Waals surface area contributed by atoms with E-state index in [-0.39, 0.29) is 13.2 Å². The number of rotatable bonds is 14. The molecule has 0 N–H and O–H groups in total. The van der Waals surface area contributed by atoms with Gasteiger partial charge in [0.25, 0.3) is 0 Å². The van der Waals surface area contributed by atoms with E-state index in [0.717, 1.165) is 22.3 Å². The minimum atomic E-state index is -0.744. The summed E-state index contributed by atoms with van der Waals surface area (Å²) >= 11 is 0. The van der Waals surface area contributed by atoms with Crippen molar-refractivity contribution < 1.29 is 33.2 Å². The first-order valence-corrected chi connectivity index (χ1v) is 15.4. The average Bonchev–Trinajstić information content (AvgIpc) is 3.53. The van der Waals surface area contributed by atoms with Crippen LogP contribution in [0.4, 0.5) is 0 Å². The first-order chi connectivity index (χ1) is 22.2. The fourth-order valence-electron chi connectivity index (χ4n) is 5.65. The topological polar surface area (TPSA) is 72.5 Å². The molecule has 4 aromatic rings. The minimum Gasteiger partial charge on any atom is -0.458 e. The van der Waals surface area contributed by atoms with E-state index >= 15 is 0 Å². The highest BCUT2D eigenvalue weighted by atomic mass is 16.6. The van der Waals surface area contributed by atoms with Crippen molar-refractivity contribution in [3.05, 3.63) is 155 Å². The number of cyclic esters (lactones) is 1. The summed E-state index contributed by atoms with van der Waals surface area (Å²) in [7, 11) is 0. The molecule has 5 atom stereocenters. The summed E-state index contributed by atoms with van der Waals surface area (Å²) in [6.07, 6.45) is -1.37. The summed E-state index contributed by atoms with van der Waals surface area (Å²) in [5.74, 6) is -0.414. The minimum absolute atomic E-state index is 0.193. The highest BCUT2D eigenvalue weighted by Gasteiger charge is 2.51. The van der Waals surface area contributed by atoms with Crippen molar-refractivity contribution in [2.24, 2.45) is 0 Å². The summed E-state index contributed by atoms with van der Waals surface area (Å²) in [6.45, 7) is 1.80. The molecule has 0 radical (unpaired) electrons. The average molecular weight is 607 g/mol. The highest BCUT2D eigenvalue weighted by Crippen LogP contribution is 2.35. The van der Waals surface area contributed by atoms with Crippen molar-refractivity contribution in [1.29, 1.82) is 0 Å². The predicted octanol–water partition coefficient (Wildman–Crippen LogP) is 6.21. The van der Waals surface area contributed by atoms with E-state index in [1.54, 1.807) is 6.08 Å². The Labute approximate surface area is 264 Å². The molecule has 0 aromatic heterocycles. The molecule has 0 spiro atoms. The molecule has 0 bridgehead atoms. The molecule has 1 unspecified atom stereocenters. The van der Waals surface area contributed by atoms with Gasteiger partial charge >= 0.3 is 5.97 Å². The number of ether oxygens (including phenoxy) is 6. The molecule has 232 valence electrons. The molecule has 1 fully saturated rings. The zero-order valence-electron chi connectivity index (χ0n) is 25.1. The first kappa shape index (κ1) is 30.9. The maximum Gasteiger partial charge on any atom is 0.336 e. The third-order valence-corrected chi connectivity index (χ3v) is 7.94. The molecule has 6 rings (SSSR count). The van der Waals surface area contributed by atoms with Crippen LogP contribution in [0.1, 0.15) is 22.3 Å². The summed E-state index contributed by atoms with van der Waals surface area (Å²) in [4.78, 5) is 12.9. The number of hydrogen-bond acceptors (Lipinski definition) is 7. The van der Waals surface area contributed by atoms with Crippen LogP contribution in [-0.2, 0) is 59.6 Å². The van der Waals surface area contributed by atoms with Crippen LogP contribution in [0.3, 0.4) is 0 Å². The molecule has 2 aliphatic heterocycles. The van der Waals surface area contributed by atoms with Crippen LogP contribution in [-0.4, -0.2) is 49.7 Å². The zero-order valence-corrected chi connectivity index (χ0v) is 25.1. The van der Waals surface area contributed by atoms with Crippen LogP contribution in [0.5, 0.6) is 0 Å². The standard InChI is InChI=1S/C38H38O7/c39-38-32(21-22-41-38)34-36(43-25-30-17-9-3-10-18-30)37(44-26-31-19-11-4-12-20-31)35(42-24-29-15-7-2-8-16-29)33(45-34)27-40-23-28-13-5-1-6-14-28/h1-21,33-37H,22-27H2/t33-,34?,35-,36+,37+/m1/s1. The molecule has 2 aliphatic rings. The third kappa shape index (κ3) is 8.34. The van der Waals surface area contributed by atoms with Gasteiger partial charge in [0.15, 0.2) is 0 Å². The zero-order chi connectivity index (χ0) is 30.7. The van der Waals surface area contributed by atoms with Gasteiger partial charge in [-0.1, -0.05) is 121 Å². The summed E-state index contributed by atoms with van der Waals surface area (Å²) in [6, 6.07) is 39.9. The van der Waals surface area contributed by atoms with Gasteiger partial charge in [0, 0.05) is 0 Å². The molecule has 45 heavy (non-hydrogen) atoms. The number of hydrogen-bond donors (Lipinski definition) is 0. The molecular weight excluding hydrogens is 568 g/mol. The number of carbonyl (C=O) groups excluding carboxylic acids is 1. The van der Waals surface area contributed by atoms with E-state index < -0.39 is 36.5 Å². The van der Waals surface area contributed by atoms with Crippen LogP contribution in [0.25, 0.3) is 0 Å². The van der Waals surface area contributed by atoms with Gasteiger partial charge < -0.3 is 28.4 Å². The highest BCUT2D eigenvalue weighted by molar-refractivity contribution is 5.91. The Hall–Kier alpha value is -4.11. The van der Waals surface area contributed by atoms with Crippen molar-refractivity contribution in [3.63, 3.8) is 0 Å². The van der Waals surface area contributed by atoms with E-state index in [4.69, 9.17) is 28.4 Å². The Balaban J connectivity index is 1.32. The maximum atomic E-state index is 12.9. The Morgan fingerprint density at radius 2 is 1.00 bits per heavy atom.